The number of H-pyrrole nitrogens is 1. The maximum Gasteiger partial charge on any atom is 0.354 e. The van der Waals surface area contributed by atoms with E-state index in [2.05, 4.69) is 34.2 Å². The zero-order valence-corrected chi connectivity index (χ0v) is 13.7. The first-order valence-corrected chi connectivity index (χ1v) is 7.97. The van der Waals surface area contributed by atoms with Gasteiger partial charge in [0.2, 0.25) is 0 Å². The molecule has 25 heavy (non-hydrogen) atoms. The van der Waals surface area contributed by atoms with Crippen molar-refractivity contribution in [3.8, 4) is 22.3 Å². The quantitative estimate of drug-likeness (QED) is 0.555. The fourth-order valence-electron chi connectivity index (χ4n) is 3.00. The topological polar surface area (TPSA) is 55.0 Å². The van der Waals surface area contributed by atoms with E-state index in [4.69, 9.17) is 4.74 Å². The maximum absolute atomic E-state index is 11.8. The lowest BCUT2D eigenvalue weighted by molar-refractivity contribution is 0.0595. The SMILES string of the molecule is COC(=O)c1cc2c(-c3cccc(-c4ccccc4)c3)cncc2[nH]1. The van der Waals surface area contributed by atoms with Gasteiger partial charge < -0.3 is 9.72 Å². The first-order chi connectivity index (χ1) is 12.3. The second-order valence-electron chi connectivity index (χ2n) is 5.77. The van der Waals surface area contributed by atoms with Crippen molar-refractivity contribution in [1.29, 1.82) is 0 Å². The molecule has 0 aliphatic heterocycles. The van der Waals surface area contributed by atoms with Gasteiger partial charge in [0, 0.05) is 17.1 Å². The highest BCUT2D eigenvalue weighted by Gasteiger charge is 2.13. The second kappa shape index (κ2) is 6.24. The molecule has 4 heteroatoms. The molecular formula is C21H16N2O2. The Bertz CT molecular complexity index is 1050. The van der Waals surface area contributed by atoms with Crippen molar-refractivity contribution in [2.45, 2.75) is 0 Å². The van der Waals surface area contributed by atoms with E-state index in [9.17, 15) is 4.79 Å². The summed E-state index contributed by atoms with van der Waals surface area (Å²) >= 11 is 0. The van der Waals surface area contributed by atoms with Crippen LogP contribution in [-0.2, 0) is 4.74 Å². The number of pyridine rings is 1. The van der Waals surface area contributed by atoms with E-state index in [0.29, 0.717) is 5.69 Å². The Morgan fingerprint density at radius 1 is 0.920 bits per heavy atom. The number of nitrogens with one attached hydrogen (secondary N) is 1. The number of ether oxygens (including phenoxy) is 1. The molecule has 0 saturated carbocycles. The van der Waals surface area contributed by atoms with E-state index in [-0.39, 0.29) is 5.97 Å². The van der Waals surface area contributed by atoms with Gasteiger partial charge in [0.15, 0.2) is 0 Å². The molecule has 0 aliphatic carbocycles. The van der Waals surface area contributed by atoms with Gasteiger partial charge in [-0.2, -0.15) is 0 Å². The lowest BCUT2D eigenvalue weighted by atomic mass is 9.98. The number of aromatic nitrogens is 2. The smallest absolute Gasteiger partial charge is 0.354 e. The summed E-state index contributed by atoms with van der Waals surface area (Å²) in [6, 6.07) is 20.4. The monoisotopic (exact) mass is 328 g/mol. The standard InChI is InChI=1S/C21H16N2O2/c1-25-21(24)19-11-17-18(12-22-13-20(17)23-19)16-9-5-8-15(10-16)14-6-3-2-4-7-14/h2-13,23H,1H3. The molecule has 2 aromatic heterocycles. The molecule has 122 valence electrons. The molecular weight excluding hydrogens is 312 g/mol. The van der Waals surface area contributed by atoms with Crippen LogP contribution in [0.1, 0.15) is 10.5 Å². The summed E-state index contributed by atoms with van der Waals surface area (Å²) in [7, 11) is 1.37. The summed E-state index contributed by atoms with van der Waals surface area (Å²) in [6.07, 6.45) is 3.54. The summed E-state index contributed by atoms with van der Waals surface area (Å²) in [5.41, 5.74) is 5.55. The van der Waals surface area contributed by atoms with E-state index < -0.39 is 0 Å². The van der Waals surface area contributed by atoms with Crippen LogP contribution in [0.25, 0.3) is 33.2 Å². The predicted molar refractivity (Wildman–Crippen MR) is 98.3 cm³/mol. The second-order valence-corrected chi connectivity index (χ2v) is 5.77. The summed E-state index contributed by atoms with van der Waals surface area (Å²) < 4.78 is 4.80. The van der Waals surface area contributed by atoms with Crippen LogP contribution in [-0.4, -0.2) is 23.0 Å². The van der Waals surface area contributed by atoms with Crippen LogP contribution >= 0.6 is 0 Å². The van der Waals surface area contributed by atoms with Crippen LogP contribution in [0.15, 0.2) is 73.1 Å². The Balaban J connectivity index is 1.85. The molecule has 0 atom stereocenters. The Hall–Kier alpha value is -3.40. The van der Waals surface area contributed by atoms with Gasteiger partial charge in [-0.25, -0.2) is 4.79 Å². The number of aromatic amines is 1. The molecule has 4 rings (SSSR count). The number of nitrogens with zero attached hydrogens (tertiary/aromatic N) is 1. The molecule has 0 fully saturated rings. The lowest BCUT2D eigenvalue weighted by Crippen LogP contribution is -2.00. The fraction of sp³-hybridized carbons (Fsp3) is 0.0476. The van der Waals surface area contributed by atoms with Gasteiger partial charge in [-0.3, -0.25) is 4.98 Å². The number of carbonyl (C=O) groups is 1. The van der Waals surface area contributed by atoms with Crippen molar-refractivity contribution < 1.29 is 9.53 Å². The van der Waals surface area contributed by atoms with Crippen molar-refractivity contribution >= 4 is 16.9 Å². The summed E-state index contributed by atoms with van der Waals surface area (Å²) in [5, 5.41) is 0.945. The normalized spacial score (nSPS) is 10.8. The number of rotatable bonds is 3. The highest BCUT2D eigenvalue weighted by molar-refractivity contribution is 6.01. The maximum atomic E-state index is 11.8. The lowest BCUT2D eigenvalue weighted by Gasteiger charge is -2.07. The Kier molecular flexibility index (Phi) is 3.78. The Morgan fingerprint density at radius 2 is 1.68 bits per heavy atom. The minimum atomic E-state index is -0.389. The van der Waals surface area contributed by atoms with Gasteiger partial charge in [-0.05, 0) is 28.8 Å². The first-order valence-electron chi connectivity index (χ1n) is 7.97. The fourth-order valence-corrected chi connectivity index (χ4v) is 3.00. The van der Waals surface area contributed by atoms with Crippen LogP contribution in [0.3, 0.4) is 0 Å². The summed E-state index contributed by atoms with van der Waals surface area (Å²) in [4.78, 5) is 19.2. The third-order valence-electron chi connectivity index (χ3n) is 4.23. The van der Waals surface area contributed by atoms with Gasteiger partial charge in [0.05, 0.1) is 18.8 Å². The number of hydrogen-bond acceptors (Lipinski definition) is 3. The van der Waals surface area contributed by atoms with E-state index >= 15 is 0 Å². The number of benzene rings is 2. The average Bonchev–Trinajstić information content (AvgIpc) is 3.12. The third kappa shape index (κ3) is 2.78. The minimum Gasteiger partial charge on any atom is -0.464 e. The number of esters is 1. The minimum absolute atomic E-state index is 0.389. The van der Waals surface area contributed by atoms with Gasteiger partial charge in [-0.15, -0.1) is 0 Å². The van der Waals surface area contributed by atoms with Gasteiger partial charge in [0.25, 0.3) is 0 Å². The van der Waals surface area contributed by atoms with E-state index in [1.165, 1.54) is 7.11 Å². The van der Waals surface area contributed by atoms with Crippen LogP contribution in [0, 0.1) is 0 Å². The van der Waals surface area contributed by atoms with Crippen molar-refractivity contribution in [3.05, 3.63) is 78.8 Å². The molecule has 0 aliphatic rings. The molecule has 0 amide bonds. The highest BCUT2D eigenvalue weighted by atomic mass is 16.5. The van der Waals surface area contributed by atoms with Gasteiger partial charge in [0.1, 0.15) is 5.69 Å². The van der Waals surface area contributed by atoms with E-state index in [1.807, 2.05) is 42.6 Å². The average molecular weight is 328 g/mol. The van der Waals surface area contributed by atoms with Crippen LogP contribution in [0.4, 0.5) is 0 Å². The number of fused-ring (bicyclic) bond motifs is 1. The summed E-state index contributed by atoms with van der Waals surface area (Å²) in [5.74, 6) is -0.389. The first kappa shape index (κ1) is 15.1. The van der Waals surface area contributed by atoms with Crippen molar-refractivity contribution in [2.24, 2.45) is 0 Å². The molecule has 0 saturated heterocycles. The third-order valence-corrected chi connectivity index (χ3v) is 4.23. The van der Waals surface area contributed by atoms with Crippen molar-refractivity contribution in [1.82, 2.24) is 9.97 Å². The molecule has 0 bridgehead atoms. The van der Waals surface area contributed by atoms with E-state index in [1.54, 1.807) is 6.20 Å². The highest BCUT2D eigenvalue weighted by Crippen LogP contribution is 2.31. The molecule has 4 aromatic rings. The molecule has 2 aromatic carbocycles. The van der Waals surface area contributed by atoms with Crippen LogP contribution in [0.2, 0.25) is 0 Å². The molecule has 2 heterocycles. The summed E-state index contributed by atoms with van der Waals surface area (Å²) in [6.45, 7) is 0. The van der Waals surface area contributed by atoms with Gasteiger partial charge >= 0.3 is 5.97 Å². The van der Waals surface area contributed by atoms with Crippen molar-refractivity contribution in [2.75, 3.05) is 7.11 Å². The number of methoxy groups -OCH3 is 1. The van der Waals surface area contributed by atoms with E-state index in [0.717, 1.165) is 33.2 Å². The number of carbonyl (C=O) groups excluding carboxylic acids is 1. The Morgan fingerprint density at radius 3 is 2.48 bits per heavy atom. The zero-order chi connectivity index (χ0) is 17.2. The number of hydrogen-bond donors (Lipinski definition) is 1. The van der Waals surface area contributed by atoms with Crippen LogP contribution < -0.4 is 0 Å². The predicted octanol–water partition coefficient (Wildman–Crippen LogP) is 4.68. The molecule has 4 nitrogen and oxygen atoms in total. The molecule has 0 unspecified atom stereocenters. The molecule has 1 N–H and O–H groups in total. The zero-order valence-electron chi connectivity index (χ0n) is 13.7. The largest absolute Gasteiger partial charge is 0.464 e. The molecule has 0 radical (unpaired) electrons. The molecule has 0 spiro atoms. The Labute approximate surface area is 145 Å². The van der Waals surface area contributed by atoms with Crippen LogP contribution in [0.5, 0.6) is 0 Å². The van der Waals surface area contributed by atoms with Gasteiger partial charge in [-0.1, -0.05) is 48.5 Å². The van der Waals surface area contributed by atoms with Crippen molar-refractivity contribution in [3.63, 3.8) is 0 Å².